The summed E-state index contributed by atoms with van der Waals surface area (Å²) < 4.78 is 5.31. The maximum Gasteiger partial charge on any atom is 0.119 e. The summed E-state index contributed by atoms with van der Waals surface area (Å²) in [5, 5.41) is 10.1. The van der Waals surface area contributed by atoms with Crippen molar-refractivity contribution in [1.82, 2.24) is 0 Å². The number of phenolic OH excluding ortho intramolecular Hbond substituents is 1. The molecule has 0 bridgehead atoms. The first-order valence-corrected chi connectivity index (χ1v) is 8.22. The Morgan fingerprint density at radius 1 is 1.10 bits per heavy atom. The number of epoxide rings is 1. The van der Waals surface area contributed by atoms with Gasteiger partial charge in [0, 0.05) is 6.42 Å². The molecule has 1 unspecified atom stereocenters. The van der Waals surface area contributed by atoms with Gasteiger partial charge in [0.05, 0.1) is 12.7 Å². The summed E-state index contributed by atoms with van der Waals surface area (Å²) >= 11 is 0. The molecule has 1 aromatic carbocycles. The number of hydrogen-bond donors (Lipinski definition) is 1. The Morgan fingerprint density at radius 2 is 1.80 bits per heavy atom. The van der Waals surface area contributed by atoms with Gasteiger partial charge in [0.25, 0.3) is 0 Å². The van der Waals surface area contributed by atoms with Gasteiger partial charge in [-0.1, -0.05) is 57.6 Å². The molecule has 112 valence electrons. The minimum atomic E-state index is 0.393. The molecule has 1 saturated heterocycles. The van der Waals surface area contributed by atoms with Crippen molar-refractivity contribution in [3.8, 4) is 5.75 Å². The van der Waals surface area contributed by atoms with E-state index in [2.05, 4.69) is 13.0 Å². The summed E-state index contributed by atoms with van der Waals surface area (Å²) in [6.45, 7) is 3.13. The lowest BCUT2D eigenvalue weighted by atomic mass is 9.96. The first kappa shape index (κ1) is 15.4. The third-order valence-corrected chi connectivity index (χ3v) is 4.13. The van der Waals surface area contributed by atoms with E-state index in [1.165, 1.54) is 50.5 Å². The Balaban J connectivity index is 1.73. The van der Waals surface area contributed by atoms with Crippen LogP contribution in [0, 0.1) is 0 Å². The largest absolute Gasteiger partial charge is 0.508 e. The number of ether oxygens (including phenoxy) is 1. The standard InChI is InChI=1S/C18H28O2/c1-2-3-4-5-6-7-8-11-17-15(13-16-14-20-16)10-9-12-18(17)19/h9-10,12,16,19H,2-8,11,13-14H2,1H3. The van der Waals surface area contributed by atoms with Crippen LogP contribution in [0.15, 0.2) is 18.2 Å². The van der Waals surface area contributed by atoms with E-state index in [9.17, 15) is 5.11 Å². The highest BCUT2D eigenvalue weighted by molar-refractivity contribution is 5.40. The van der Waals surface area contributed by atoms with Crippen molar-refractivity contribution in [2.75, 3.05) is 6.61 Å². The Morgan fingerprint density at radius 3 is 2.50 bits per heavy atom. The maximum atomic E-state index is 10.1. The second kappa shape index (κ2) is 8.31. The Hall–Kier alpha value is -1.02. The molecule has 1 aromatic rings. The Labute approximate surface area is 123 Å². The summed E-state index contributed by atoms with van der Waals surface area (Å²) in [5.41, 5.74) is 2.43. The lowest BCUT2D eigenvalue weighted by molar-refractivity contribution is 0.406. The van der Waals surface area contributed by atoms with Gasteiger partial charge in [0.1, 0.15) is 5.75 Å². The quantitative estimate of drug-likeness (QED) is 0.499. The van der Waals surface area contributed by atoms with Crippen molar-refractivity contribution in [3.05, 3.63) is 29.3 Å². The molecule has 2 nitrogen and oxygen atoms in total. The van der Waals surface area contributed by atoms with Gasteiger partial charge in [-0.25, -0.2) is 0 Å². The molecule has 1 atom stereocenters. The van der Waals surface area contributed by atoms with Gasteiger partial charge in [-0.2, -0.15) is 0 Å². The molecular weight excluding hydrogens is 248 g/mol. The number of phenols is 1. The van der Waals surface area contributed by atoms with Crippen LogP contribution < -0.4 is 0 Å². The summed E-state index contributed by atoms with van der Waals surface area (Å²) in [7, 11) is 0. The SMILES string of the molecule is CCCCCCCCCc1c(O)cccc1CC1CO1. The molecule has 1 aliphatic rings. The molecule has 2 rings (SSSR count). The lowest BCUT2D eigenvalue weighted by Crippen LogP contribution is -2.00. The molecule has 1 N–H and O–H groups in total. The van der Waals surface area contributed by atoms with E-state index >= 15 is 0 Å². The van der Waals surface area contributed by atoms with Gasteiger partial charge in [0.15, 0.2) is 0 Å². The predicted octanol–water partition coefficient (Wildman–Crippen LogP) is 4.63. The van der Waals surface area contributed by atoms with Crippen molar-refractivity contribution in [2.24, 2.45) is 0 Å². The van der Waals surface area contributed by atoms with E-state index in [1.54, 1.807) is 0 Å². The van der Waals surface area contributed by atoms with Crippen LogP contribution in [0.3, 0.4) is 0 Å². The van der Waals surface area contributed by atoms with Crippen LogP contribution in [0.5, 0.6) is 5.75 Å². The monoisotopic (exact) mass is 276 g/mol. The molecule has 1 heterocycles. The van der Waals surface area contributed by atoms with Gasteiger partial charge >= 0.3 is 0 Å². The molecule has 1 aliphatic heterocycles. The van der Waals surface area contributed by atoms with Crippen LogP contribution >= 0.6 is 0 Å². The number of hydrogen-bond acceptors (Lipinski definition) is 2. The fourth-order valence-electron chi connectivity index (χ4n) is 2.79. The van der Waals surface area contributed by atoms with Crippen LogP contribution in [-0.2, 0) is 17.6 Å². The first-order chi connectivity index (χ1) is 9.81. The lowest BCUT2D eigenvalue weighted by Gasteiger charge is -2.10. The van der Waals surface area contributed by atoms with Gasteiger partial charge in [-0.15, -0.1) is 0 Å². The van der Waals surface area contributed by atoms with Crippen molar-refractivity contribution < 1.29 is 9.84 Å². The fraction of sp³-hybridized carbons (Fsp3) is 0.667. The van der Waals surface area contributed by atoms with Gasteiger partial charge in [-0.3, -0.25) is 0 Å². The third kappa shape index (κ3) is 5.16. The molecule has 0 radical (unpaired) electrons. The smallest absolute Gasteiger partial charge is 0.119 e. The zero-order valence-corrected chi connectivity index (χ0v) is 12.7. The summed E-state index contributed by atoms with van der Waals surface area (Å²) in [6, 6.07) is 5.90. The molecule has 0 aliphatic carbocycles. The van der Waals surface area contributed by atoms with Gasteiger partial charge in [0.2, 0.25) is 0 Å². The number of benzene rings is 1. The van der Waals surface area contributed by atoms with Gasteiger partial charge < -0.3 is 9.84 Å². The molecule has 20 heavy (non-hydrogen) atoms. The number of aromatic hydroxyl groups is 1. The average Bonchev–Trinajstić information content (AvgIpc) is 3.24. The second-order valence-corrected chi connectivity index (χ2v) is 5.95. The number of rotatable bonds is 10. The summed E-state index contributed by atoms with van der Waals surface area (Å²) in [4.78, 5) is 0. The van der Waals surface area contributed by atoms with E-state index in [4.69, 9.17) is 4.74 Å². The molecule has 1 fully saturated rings. The normalized spacial score (nSPS) is 17.4. The highest BCUT2D eigenvalue weighted by atomic mass is 16.6. The topological polar surface area (TPSA) is 32.8 Å². The van der Waals surface area contributed by atoms with Crippen molar-refractivity contribution >= 4 is 0 Å². The van der Waals surface area contributed by atoms with E-state index in [0.29, 0.717) is 11.9 Å². The predicted molar refractivity (Wildman–Crippen MR) is 83.2 cm³/mol. The number of unbranched alkanes of at least 4 members (excludes halogenated alkanes) is 6. The molecule has 2 heteroatoms. The maximum absolute atomic E-state index is 10.1. The van der Waals surface area contributed by atoms with Crippen molar-refractivity contribution in [3.63, 3.8) is 0 Å². The highest BCUT2D eigenvalue weighted by Gasteiger charge is 2.24. The summed E-state index contributed by atoms with van der Waals surface area (Å²) in [5.74, 6) is 0.467. The van der Waals surface area contributed by atoms with E-state index in [1.807, 2.05) is 12.1 Å². The molecule has 0 saturated carbocycles. The Kier molecular flexibility index (Phi) is 6.38. The Bertz CT molecular complexity index is 396. The zero-order chi connectivity index (χ0) is 14.2. The first-order valence-electron chi connectivity index (χ1n) is 8.22. The third-order valence-electron chi connectivity index (χ3n) is 4.13. The van der Waals surface area contributed by atoms with Crippen LogP contribution in [0.1, 0.15) is 63.0 Å². The van der Waals surface area contributed by atoms with Crippen molar-refractivity contribution in [2.45, 2.75) is 70.8 Å². The molecule has 0 spiro atoms. The van der Waals surface area contributed by atoms with E-state index < -0.39 is 0 Å². The van der Waals surface area contributed by atoms with Crippen LogP contribution in [0.4, 0.5) is 0 Å². The average molecular weight is 276 g/mol. The zero-order valence-electron chi connectivity index (χ0n) is 12.7. The summed E-state index contributed by atoms with van der Waals surface area (Å²) in [6.07, 6.45) is 11.5. The minimum absolute atomic E-state index is 0.393. The molecular formula is C18H28O2. The highest BCUT2D eigenvalue weighted by Crippen LogP contribution is 2.27. The van der Waals surface area contributed by atoms with Crippen LogP contribution in [0.2, 0.25) is 0 Å². The van der Waals surface area contributed by atoms with Crippen LogP contribution in [0.25, 0.3) is 0 Å². The fourth-order valence-corrected chi connectivity index (χ4v) is 2.79. The van der Waals surface area contributed by atoms with Crippen molar-refractivity contribution in [1.29, 1.82) is 0 Å². The van der Waals surface area contributed by atoms with Gasteiger partial charge in [-0.05, 0) is 30.0 Å². The molecule has 0 aromatic heterocycles. The van der Waals surface area contributed by atoms with E-state index in [0.717, 1.165) is 25.0 Å². The second-order valence-electron chi connectivity index (χ2n) is 5.95. The molecule has 0 amide bonds. The minimum Gasteiger partial charge on any atom is -0.508 e. The van der Waals surface area contributed by atoms with Crippen LogP contribution in [-0.4, -0.2) is 17.8 Å². The van der Waals surface area contributed by atoms with E-state index in [-0.39, 0.29) is 0 Å².